The molecule has 1 atom stereocenters. The van der Waals surface area contributed by atoms with Crippen molar-refractivity contribution in [3.05, 3.63) is 0 Å². The molecule has 0 saturated carbocycles. The molecule has 4 heteroatoms. The third-order valence-corrected chi connectivity index (χ3v) is 8.65. The number of esters is 2. The molecule has 0 radical (unpaired) electrons. The standard InChI is InChI=1S/C38H74O4/c1-4-7-9-11-13-15-17-19-20-22-23-25-27-29-31-33-37(39)41-35-36(6-3)42-38(40)34-32-30-28-26-24-21-18-16-14-12-10-8-5-2/h36H,4-35H2,1-3H3. The minimum absolute atomic E-state index is 0.150. The van der Waals surface area contributed by atoms with Gasteiger partial charge in [-0.1, -0.05) is 188 Å². The third kappa shape index (κ3) is 31.9. The summed E-state index contributed by atoms with van der Waals surface area (Å²) < 4.78 is 11.0. The normalized spacial score (nSPS) is 12.0. The minimum atomic E-state index is -0.315. The molecule has 4 nitrogen and oxygen atoms in total. The van der Waals surface area contributed by atoms with E-state index in [2.05, 4.69) is 13.8 Å². The Morgan fingerprint density at radius 1 is 0.405 bits per heavy atom. The van der Waals surface area contributed by atoms with Gasteiger partial charge < -0.3 is 9.47 Å². The lowest BCUT2D eigenvalue weighted by atomic mass is 10.0. The van der Waals surface area contributed by atoms with E-state index in [1.807, 2.05) is 6.92 Å². The fourth-order valence-electron chi connectivity index (χ4n) is 5.67. The van der Waals surface area contributed by atoms with Crippen LogP contribution in [-0.2, 0) is 19.1 Å². The van der Waals surface area contributed by atoms with Crippen LogP contribution in [0.2, 0.25) is 0 Å². The summed E-state index contributed by atoms with van der Waals surface area (Å²) >= 11 is 0. The Labute approximate surface area is 263 Å². The van der Waals surface area contributed by atoms with Gasteiger partial charge in [0.15, 0.2) is 0 Å². The molecule has 0 heterocycles. The van der Waals surface area contributed by atoms with Crippen molar-refractivity contribution < 1.29 is 19.1 Å². The van der Waals surface area contributed by atoms with Crippen LogP contribution < -0.4 is 0 Å². The molecule has 1 unspecified atom stereocenters. The van der Waals surface area contributed by atoms with E-state index in [-0.39, 0.29) is 24.6 Å². The number of carbonyl (C=O) groups is 2. The van der Waals surface area contributed by atoms with Gasteiger partial charge in [0.05, 0.1) is 0 Å². The van der Waals surface area contributed by atoms with Crippen LogP contribution in [0.15, 0.2) is 0 Å². The Hall–Kier alpha value is -1.06. The second kappa shape index (κ2) is 34.4. The Morgan fingerprint density at radius 3 is 1.00 bits per heavy atom. The molecule has 0 fully saturated rings. The Kier molecular flexibility index (Phi) is 33.6. The van der Waals surface area contributed by atoms with Crippen molar-refractivity contribution >= 4 is 11.9 Å². The first-order valence-corrected chi connectivity index (χ1v) is 19.0. The molecule has 0 aromatic heterocycles. The number of carbonyl (C=O) groups excluding carboxylic acids is 2. The van der Waals surface area contributed by atoms with Gasteiger partial charge in [-0.2, -0.15) is 0 Å². The van der Waals surface area contributed by atoms with Gasteiger partial charge in [-0.25, -0.2) is 0 Å². The minimum Gasteiger partial charge on any atom is -0.462 e. The monoisotopic (exact) mass is 595 g/mol. The topological polar surface area (TPSA) is 52.6 Å². The summed E-state index contributed by atoms with van der Waals surface area (Å²) in [5, 5.41) is 0. The molecule has 42 heavy (non-hydrogen) atoms. The first-order chi connectivity index (χ1) is 20.6. The highest BCUT2D eigenvalue weighted by atomic mass is 16.6. The van der Waals surface area contributed by atoms with Gasteiger partial charge in [-0.15, -0.1) is 0 Å². The Bertz CT molecular complexity index is 561. The quantitative estimate of drug-likeness (QED) is 0.0549. The van der Waals surface area contributed by atoms with Gasteiger partial charge in [0, 0.05) is 12.8 Å². The molecular weight excluding hydrogens is 520 g/mol. The van der Waals surface area contributed by atoms with Gasteiger partial charge in [0.25, 0.3) is 0 Å². The van der Waals surface area contributed by atoms with Gasteiger partial charge in [0.2, 0.25) is 0 Å². The summed E-state index contributed by atoms with van der Waals surface area (Å²) in [4.78, 5) is 24.4. The Balaban J connectivity index is 3.51. The molecular formula is C38H74O4. The lowest BCUT2D eigenvalue weighted by Gasteiger charge is -2.16. The fraction of sp³-hybridized carbons (Fsp3) is 0.947. The number of unbranched alkanes of at least 4 members (excludes halogenated alkanes) is 26. The summed E-state index contributed by atoms with van der Waals surface area (Å²) in [6.45, 7) is 6.72. The van der Waals surface area contributed by atoms with Crippen molar-refractivity contribution in [2.75, 3.05) is 6.61 Å². The van der Waals surface area contributed by atoms with Crippen LogP contribution >= 0.6 is 0 Å². The zero-order chi connectivity index (χ0) is 30.8. The number of ether oxygens (including phenoxy) is 2. The molecule has 0 aromatic carbocycles. The zero-order valence-corrected chi connectivity index (χ0v) is 28.8. The molecule has 0 aliphatic rings. The first kappa shape index (κ1) is 40.9. The lowest BCUT2D eigenvalue weighted by Crippen LogP contribution is -2.24. The van der Waals surface area contributed by atoms with Crippen LogP contribution in [0, 0.1) is 0 Å². The summed E-state index contributed by atoms with van der Waals surface area (Å²) in [7, 11) is 0. The van der Waals surface area contributed by atoms with Crippen molar-refractivity contribution in [1.29, 1.82) is 0 Å². The average Bonchev–Trinajstić information content (AvgIpc) is 2.99. The molecule has 0 rings (SSSR count). The summed E-state index contributed by atoms with van der Waals surface area (Å²) in [5.74, 6) is -0.306. The second-order valence-corrected chi connectivity index (χ2v) is 12.9. The molecule has 0 aliphatic carbocycles. The van der Waals surface area contributed by atoms with Crippen molar-refractivity contribution in [1.82, 2.24) is 0 Å². The highest BCUT2D eigenvalue weighted by molar-refractivity contribution is 5.70. The van der Waals surface area contributed by atoms with E-state index in [9.17, 15) is 9.59 Å². The van der Waals surface area contributed by atoms with Gasteiger partial charge in [-0.05, 0) is 19.3 Å². The zero-order valence-electron chi connectivity index (χ0n) is 28.8. The Morgan fingerprint density at radius 2 is 0.690 bits per heavy atom. The van der Waals surface area contributed by atoms with Crippen LogP contribution in [0.3, 0.4) is 0 Å². The highest BCUT2D eigenvalue weighted by Gasteiger charge is 2.15. The lowest BCUT2D eigenvalue weighted by molar-refractivity contribution is -0.159. The molecule has 0 aliphatic heterocycles. The van der Waals surface area contributed by atoms with Crippen LogP contribution in [0.25, 0.3) is 0 Å². The maximum Gasteiger partial charge on any atom is 0.306 e. The summed E-state index contributed by atoms with van der Waals surface area (Å²) in [6, 6.07) is 0. The molecule has 0 N–H and O–H groups in total. The smallest absolute Gasteiger partial charge is 0.306 e. The molecule has 0 spiro atoms. The van der Waals surface area contributed by atoms with E-state index in [0.29, 0.717) is 19.3 Å². The van der Waals surface area contributed by atoms with E-state index in [1.54, 1.807) is 0 Å². The maximum atomic E-state index is 12.2. The van der Waals surface area contributed by atoms with E-state index in [1.165, 1.54) is 154 Å². The maximum absolute atomic E-state index is 12.2. The first-order valence-electron chi connectivity index (χ1n) is 19.0. The number of rotatable bonds is 34. The van der Waals surface area contributed by atoms with E-state index in [4.69, 9.17) is 9.47 Å². The van der Waals surface area contributed by atoms with Crippen molar-refractivity contribution in [3.8, 4) is 0 Å². The second-order valence-electron chi connectivity index (χ2n) is 12.9. The largest absolute Gasteiger partial charge is 0.462 e. The van der Waals surface area contributed by atoms with Crippen LogP contribution in [0.4, 0.5) is 0 Å². The van der Waals surface area contributed by atoms with E-state index >= 15 is 0 Å². The highest BCUT2D eigenvalue weighted by Crippen LogP contribution is 2.15. The number of hydrogen-bond donors (Lipinski definition) is 0. The molecule has 0 amide bonds. The molecule has 250 valence electrons. The SMILES string of the molecule is CCCCCCCCCCCCCCCCCC(=O)OCC(CC)OC(=O)CCCCCCCCCCCCCCC. The third-order valence-electron chi connectivity index (χ3n) is 8.65. The van der Waals surface area contributed by atoms with E-state index in [0.717, 1.165) is 25.7 Å². The van der Waals surface area contributed by atoms with Crippen LogP contribution in [0.1, 0.15) is 220 Å². The van der Waals surface area contributed by atoms with Gasteiger partial charge in [0.1, 0.15) is 12.7 Å². The average molecular weight is 595 g/mol. The summed E-state index contributed by atoms with van der Waals surface area (Å²) in [5.41, 5.74) is 0. The number of hydrogen-bond acceptors (Lipinski definition) is 4. The van der Waals surface area contributed by atoms with Crippen LogP contribution in [0.5, 0.6) is 0 Å². The summed E-state index contributed by atoms with van der Waals surface area (Å²) in [6.07, 6.45) is 37.9. The fourth-order valence-corrected chi connectivity index (χ4v) is 5.67. The van der Waals surface area contributed by atoms with Crippen molar-refractivity contribution in [2.45, 2.75) is 226 Å². The van der Waals surface area contributed by atoms with E-state index < -0.39 is 0 Å². The molecule has 0 aromatic rings. The van der Waals surface area contributed by atoms with Crippen LogP contribution in [-0.4, -0.2) is 24.6 Å². The molecule has 0 saturated heterocycles. The molecule has 0 bridgehead atoms. The van der Waals surface area contributed by atoms with Crippen molar-refractivity contribution in [2.24, 2.45) is 0 Å². The van der Waals surface area contributed by atoms with Crippen molar-refractivity contribution in [3.63, 3.8) is 0 Å². The van der Waals surface area contributed by atoms with Gasteiger partial charge >= 0.3 is 11.9 Å². The predicted octanol–water partition coefficient (Wildman–Crippen LogP) is 12.6. The van der Waals surface area contributed by atoms with Gasteiger partial charge in [-0.3, -0.25) is 9.59 Å². The predicted molar refractivity (Wildman–Crippen MR) is 181 cm³/mol.